The van der Waals surface area contributed by atoms with E-state index in [9.17, 15) is 24.6 Å². The number of carboxylic acids is 1. The number of nitrogens with zero attached hydrogens (tertiary/aromatic N) is 1. The van der Waals surface area contributed by atoms with E-state index < -0.39 is 30.6 Å². The lowest BCUT2D eigenvalue weighted by Gasteiger charge is -2.58. The number of carbonyl (C=O) groups excluding carboxylic acids is 2. The van der Waals surface area contributed by atoms with Gasteiger partial charge in [0, 0.05) is 5.92 Å². The monoisotopic (exact) mass is 550 g/mol. The van der Waals surface area contributed by atoms with Crippen molar-refractivity contribution in [3.63, 3.8) is 0 Å². The predicted molar refractivity (Wildman–Crippen MR) is 150 cm³/mol. The highest BCUT2D eigenvalue weighted by Gasteiger charge is 2.59. The molecule has 40 heavy (non-hydrogen) atoms. The number of aliphatic carboxylic acids is 1. The zero-order chi connectivity index (χ0) is 28.7. The third-order valence-corrected chi connectivity index (χ3v) is 10.9. The van der Waals surface area contributed by atoms with Crippen LogP contribution in [0.4, 0.5) is 0 Å². The van der Waals surface area contributed by atoms with E-state index in [1.54, 1.807) is 37.3 Å². The zero-order valence-corrected chi connectivity index (χ0v) is 23.8. The molecule has 0 spiro atoms. The lowest BCUT2D eigenvalue weighted by atomic mass is 9.46. The molecule has 3 saturated carbocycles. The van der Waals surface area contributed by atoms with Crippen LogP contribution in [0.5, 0.6) is 0 Å². The number of Topliss-reactive ketones (excluding diaryl/α,β-unsaturated/α-hetero) is 1. The highest BCUT2D eigenvalue weighted by atomic mass is 16.6. The minimum Gasteiger partial charge on any atom is -0.480 e. The molecule has 0 saturated heterocycles. The van der Waals surface area contributed by atoms with Crippen LogP contribution in [0.2, 0.25) is 0 Å². The minimum atomic E-state index is -1.50. The van der Waals surface area contributed by atoms with E-state index in [0.29, 0.717) is 29.1 Å². The molecule has 8 atom stereocenters. The SMILES string of the molecule is CC(=O)[C@@H]1CC[C@@H]2[C@@H]3CCC4=C/C(=N\OCC(=O)N[C@H](C(=O)O)[C@@H](O)c5ccccc5)CC[C@]4(C)[C@H]3CC[C@@]21C. The van der Waals surface area contributed by atoms with Crippen LogP contribution in [-0.4, -0.2) is 46.2 Å². The van der Waals surface area contributed by atoms with Gasteiger partial charge in [-0.3, -0.25) is 9.59 Å². The molecule has 0 aliphatic heterocycles. The maximum absolute atomic E-state index is 12.4. The summed E-state index contributed by atoms with van der Waals surface area (Å²) in [5, 5.41) is 26.6. The molecule has 0 unspecified atom stereocenters. The fourth-order valence-corrected chi connectivity index (χ4v) is 8.82. The van der Waals surface area contributed by atoms with Gasteiger partial charge in [-0.05, 0) is 98.5 Å². The van der Waals surface area contributed by atoms with Gasteiger partial charge in [-0.15, -0.1) is 0 Å². The molecule has 4 aliphatic rings. The van der Waals surface area contributed by atoms with Gasteiger partial charge in [-0.25, -0.2) is 4.79 Å². The first-order valence-electron chi connectivity index (χ1n) is 14.7. The van der Waals surface area contributed by atoms with Gasteiger partial charge in [-0.1, -0.05) is 54.9 Å². The number of fused-ring (bicyclic) bond motifs is 5. The summed E-state index contributed by atoms with van der Waals surface area (Å²) in [6.07, 6.45) is 9.17. The highest BCUT2D eigenvalue weighted by Crippen LogP contribution is 2.66. The Morgan fingerprint density at radius 2 is 1.80 bits per heavy atom. The highest BCUT2D eigenvalue weighted by molar-refractivity contribution is 5.96. The van der Waals surface area contributed by atoms with Crippen LogP contribution in [-0.2, 0) is 19.2 Å². The summed E-state index contributed by atoms with van der Waals surface area (Å²) >= 11 is 0. The van der Waals surface area contributed by atoms with E-state index in [0.717, 1.165) is 50.7 Å². The van der Waals surface area contributed by atoms with Crippen molar-refractivity contribution in [2.24, 2.45) is 39.7 Å². The molecule has 216 valence electrons. The Morgan fingerprint density at radius 3 is 2.50 bits per heavy atom. The zero-order valence-electron chi connectivity index (χ0n) is 23.8. The number of rotatable bonds is 8. The summed E-state index contributed by atoms with van der Waals surface area (Å²) in [6, 6.07) is 6.86. The number of allylic oxidation sites excluding steroid dienone is 2. The number of aliphatic hydroxyl groups excluding tert-OH is 1. The number of aliphatic hydroxyl groups is 1. The van der Waals surface area contributed by atoms with Crippen molar-refractivity contribution < 1.29 is 29.4 Å². The smallest absolute Gasteiger partial charge is 0.329 e. The molecule has 0 aromatic heterocycles. The van der Waals surface area contributed by atoms with Crippen molar-refractivity contribution in [2.45, 2.75) is 84.3 Å². The molecule has 8 nitrogen and oxygen atoms in total. The van der Waals surface area contributed by atoms with Gasteiger partial charge < -0.3 is 20.4 Å². The Kier molecular flexibility index (Phi) is 7.92. The second-order valence-electron chi connectivity index (χ2n) is 12.9. The largest absolute Gasteiger partial charge is 0.480 e. The average Bonchev–Trinajstić information content (AvgIpc) is 3.29. The first-order chi connectivity index (χ1) is 19.0. The normalized spacial score (nSPS) is 35.4. The molecule has 3 N–H and O–H groups in total. The summed E-state index contributed by atoms with van der Waals surface area (Å²) in [5.74, 6) is 0.502. The maximum Gasteiger partial charge on any atom is 0.329 e. The third kappa shape index (κ3) is 5.11. The van der Waals surface area contributed by atoms with Crippen molar-refractivity contribution in [1.82, 2.24) is 5.32 Å². The number of benzene rings is 1. The van der Waals surface area contributed by atoms with Gasteiger partial charge >= 0.3 is 5.97 Å². The van der Waals surface area contributed by atoms with Gasteiger partial charge in [0.05, 0.1) is 5.71 Å². The molecule has 5 rings (SSSR count). The van der Waals surface area contributed by atoms with Gasteiger partial charge in [0.1, 0.15) is 11.9 Å². The number of carbonyl (C=O) groups is 3. The van der Waals surface area contributed by atoms with Crippen molar-refractivity contribution >= 4 is 23.4 Å². The maximum atomic E-state index is 12.4. The van der Waals surface area contributed by atoms with Crippen molar-refractivity contribution in [3.8, 4) is 0 Å². The number of nitrogens with one attached hydrogen (secondary N) is 1. The molecule has 1 aromatic carbocycles. The van der Waals surface area contributed by atoms with E-state index in [-0.39, 0.29) is 16.7 Å². The predicted octanol–water partition coefficient (Wildman–Crippen LogP) is 4.83. The first kappa shape index (κ1) is 28.5. The summed E-state index contributed by atoms with van der Waals surface area (Å²) in [7, 11) is 0. The van der Waals surface area contributed by atoms with Crippen LogP contribution in [0.1, 0.15) is 83.8 Å². The van der Waals surface area contributed by atoms with Crippen LogP contribution in [0.15, 0.2) is 47.1 Å². The van der Waals surface area contributed by atoms with Gasteiger partial charge in [0.2, 0.25) is 0 Å². The fraction of sp³-hybridized carbons (Fsp3) is 0.625. The fourth-order valence-electron chi connectivity index (χ4n) is 8.82. The Bertz CT molecular complexity index is 1210. The number of carboxylic acid groups (broad SMARTS) is 1. The third-order valence-electron chi connectivity index (χ3n) is 10.9. The van der Waals surface area contributed by atoms with Gasteiger partial charge in [0.15, 0.2) is 12.6 Å². The number of hydrogen-bond acceptors (Lipinski definition) is 6. The first-order valence-corrected chi connectivity index (χ1v) is 14.7. The van der Waals surface area contributed by atoms with E-state index in [1.165, 1.54) is 12.0 Å². The molecule has 4 aliphatic carbocycles. The van der Waals surface area contributed by atoms with E-state index in [1.807, 2.05) is 0 Å². The van der Waals surface area contributed by atoms with Gasteiger partial charge in [0.25, 0.3) is 5.91 Å². The Morgan fingerprint density at radius 1 is 1.05 bits per heavy atom. The van der Waals surface area contributed by atoms with E-state index >= 15 is 0 Å². The molecule has 0 bridgehead atoms. The Labute approximate surface area is 236 Å². The van der Waals surface area contributed by atoms with Crippen molar-refractivity contribution in [2.75, 3.05) is 6.61 Å². The molecular formula is C32H42N2O6. The number of hydrogen-bond donors (Lipinski definition) is 3. The van der Waals surface area contributed by atoms with Crippen LogP contribution < -0.4 is 5.32 Å². The van der Waals surface area contributed by atoms with Gasteiger partial charge in [-0.2, -0.15) is 0 Å². The second-order valence-corrected chi connectivity index (χ2v) is 12.9. The van der Waals surface area contributed by atoms with Crippen molar-refractivity contribution in [1.29, 1.82) is 0 Å². The number of oxime groups is 1. The number of amides is 1. The van der Waals surface area contributed by atoms with E-state index in [4.69, 9.17) is 4.84 Å². The quantitative estimate of drug-likeness (QED) is 0.398. The second kappa shape index (κ2) is 11.1. The molecular weight excluding hydrogens is 508 g/mol. The summed E-state index contributed by atoms with van der Waals surface area (Å²) in [6.45, 7) is 6.13. The Hall–Kier alpha value is -3.00. The van der Waals surface area contributed by atoms with Crippen molar-refractivity contribution in [3.05, 3.63) is 47.5 Å². The van der Waals surface area contributed by atoms with Crippen LogP contribution in [0.25, 0.3) is 0 Å². The molecule has 1 aromatic rings. The molecule has 0 heterocycles. The van der Waals surface area contributed by atoms with Crippen LogP contribution in [0, 0.1) is 34.5 Å². The lowest BCUT2D eigenvalue weighted by molar-refractivity contribution is -0.146. The number of ketones is 1. The molecule has 0 radical (unpaired) electrons. The summed E-state index contributed by atoms with van der Waals surface area (Å²) < 4.78 is 0. The standard InChI is InChI=1S/C32H42N2O6/c1-19(35)24-11-12-25-23-10-9-21-17-22(13-15-31(21,2)26(23)14-16-32(24,25)3)34-40-18-27(36)33-28(30(38)39)29(37)20-7-5-4-6-8-20/h4-8,17,23-26,28-29,37H,9-16,18H2,1-3H3,(H,33,36)(H,38,39)/b34-22-/t23-,24-,25+,26-,28-,29-,31-,32+/m0/s1. The minimum absolute atomic E-state index is 0.122. The van der Waals surface area contributed by atoms with E-state index in [2.05, 4.69) is 30.4 Å². The molecule has 8 heteroatoms. The lowest BCUT2D eigenvalue weighted by Crippen LogP contribution is -2.51. The topological polar surface area (TPSA) is 125 Å². The molecule has 1 amide bonds. The van der Waals surface area contributed by atoms with Crippen LogP contribution in [0.3, 0.4) is 0 Å². The molecule has 3 fully saturated rings. The van der Waals surface area contributed by atoms with Crippen LogP contribution >= 0.6 is 0 Å². The summed E-state index contributed by atoms with van der Waals surface area (Å²) in [5.41, 5.74) is 2.88. The summed E-state index contributed by atoms with van der Waals surface area (Å²) in [4.78, 5) is 41.9. The average molecular weight is 551 g/mol. The Balaban J connectivity index is 1.20.